The summed E-state index contributed by atoms with van der Waals surface area (Å²) in [6, 6.07) is 0.460. The standard InChI is InChI=1S/C21H31N7OS/c1-21(2)12-28(10-15-9-26(3)25-18(15)21)30(29)11-14-7-16(8-14)27(4)20-17-5-6-22-19(17)23-13-24-20/h5-6,9,13-14,16,19,22H,7-8,10-12H2,1-4H3,(H,23,24). The second-order valence-corrected chi connectivity index (χ2v) is 11.1. The van der Waals surface area contributed by atoms with Gasteiger partial charge in [0.2, 0.25) is 0 Å². The Morgan fingerprint density at radius 2 is 2.13 bits per heavy atom. The van der Waals surface area contributed by atoms with Crippen molar-refractivity contribution in [2.75, 3.05) is 19.3 Å². The van der Waals surface area contributed by atoms with Crippen LogP contribution in [-0.2, 0) is 30.4 Å². The molecule has 30 heavy (non-hydrogen) atoms. The predicted molar refractivity (Wildman–Crippen MR) is 119 cm³/mol. The second-order valence-electron chi connectivity index (χ2n) is 9.59. The summed E-state index contributed by atoms with van der Waals surface area (Å²) in [5, 5.41) is 11.2. The largest absolute Gasteiger partial charge is 0.598 e. The lowest BCUT2D eigenvalue weighted by Gasteiger charge is -2.44. The van der Waals surface area contributed by atoms with Gasteiger partial charge in [-0.2, -0.15) is 5.10 Å². The van der Waals surface area contributed by atoms with Crippen molar-refractivity contribution < 1.29 is 4.55 Å². The molecule has 1 fully saturated rings. The number of rotatable bonds is 5. The van der Waals surface area contributed by atoms with Crippen LogP contribution in [0, 0.1) is 5.92 Å². The lowest BCUT2D eigenvalue weighted by Crippen LogP contribution is -2.50. The molecule has 0 spiro atoms. The maximum absolute atomic E-state index is 13.2. The van der Waals surface area contributed by atoms with E-state index >= 15 is 0 Å². The van der Waals surface area contributed by atoms with Crippen molar-refractivity contribution in [3.8, 4) is 0 Å². The molecular formula is C21H31N7OS. The number of hydrogen-bond acceptors (Lipinski definition) is 7. The quantitative estimate of drug-likeness (QED) is 0.684. The van der Waals surface area contributed by atoms with E-state index in [1.54, 1.807) is 6.34 Å². The maximum Gasteiger partial charge on any atom is 0.137 e. The van der Waals surface area contributed by atoms with E-state index in [1.807, 2.05) is 17.9 Å². The topological polar surface area (TPSA) is 83.8 Å². The predicted octanol–water partition coefficient (Wildman–Crippen LogP) is 1.17. The smallest absolute Gasteiger partial charge is 0.137 e. The number of aromatic nitrogens is 2. The van der Waals surface area contributed by atoms with E-state index in [4.69, 9.17) is 0 Å². The van der Waals surface area contributed by atoms with Gasteiger partial charge in [0.15, 0.2) is 0 Å². The highest BCUT2D eigenvalue weighted by Gasteiger charge is 2.42. The molecule has 9 heteroatoms. The van der Waals surface area contributed by atoms with Gasteiger partial charge in [0.05, 0.1) is 25.1 Å². The molecule has 2 atom stereocenters. The molecule has 2 unspecified atom stereocenters. The van der Waals surface area contributed by atoms with Crippen molar-refractivity contribution in [3.63, 3.8) is 0 Å². The van der Waals surface area contributed by atoms with Gasteiger partial charge in [0.25, 0.3) is 0 Å². The monoisotopic (exact) mass is 429 g/mol. The first-order chi connectivity index (χ1) is 14.3. The molecule has 5 rings (SSSR count). The Kier molecular flexibility index (Phi) is 4.87. The van der Waals surface area contributed by atoms with Crippen molar-refractivity contribution in [1.82, 2.24) is 29.6 Å². The summed E-state index contributed by atoms with van der Waals surface area (Å²) in [6.07, 6.45) is 10.2. The minimum absolute atomic E-state index is 0.0763. The molecule has 3 aliphatic heterocycles. The zero-order valence-corrected chi connectivity index (χ0v) is 18.9. The van der Waals surface area contributed by atoms with Crippen LogP contribution < -0.4 is 10.6 Å². The SMILES string of the molecule is CN(C1=C2C=CNC2NC=N1)C1CC(C[S+]([O-])N2Cc3cn(C)nc3C(C)(C)C2)C1. The summed E-state index contributed by atoms with van der Waals surface area (Å²) >= 11 is -0.962. The van der Waals surface area contributed by atoms with Crippen LogP contribution in [0.2, 0.25) is 0 Å². The molecule has 0 radical (unpaired) electrons. The third-order valence-electron chi connectivity index (χ3n) is 6.75. The third-order valence-corrected chi connectivity index (χ3v) is 8.34. The lowest BCUT2D eigenvalue weighted by atomic mass is 9.80. The minimum Gasteiger partial charge on any atom is -0.598 e. The molecule has 8 nitrogen and oxygen atoms in total. The highest BCUT2D eigenvalue weighted by molar-refractivity contribution is 7.89. The molecule has 1 aromatic heterocycles. The lowest BCUT2D eigenvalue weighted by molar-refractivity contribution is 0.138. The van der Waals surface area contributed by atoms with E-state index < -0.39 is 11.4 Å². The van der Waals surface area contributed by atoms with E-state index in [0.29, 0.717) is 12.0 Å². The van der Waals surface area contributed by atoms with Crippen LogP contribution in [0.25, 0.3) is 0 Å². The van der Waals surface area contributed by atoms with Gasteiger partial charge >= 0.3 is 0 Å². The molecule has 2 N–H and O–H groups in total. The summed E-state index contributed by atoms with van der Waals surface area (Å²) in [7, 11) is 4.09. The van der Waals surface area contributed by atoms with Gasteiger partial charge in [0.1, 0.15) is 17.7 Å². The van der Waals surface area contributed by atoms with Crippen molar-refractivity contribution in [1.29, 1.82) is 0 Å². The van der Waals surface area contributed by atoms with E-state index in [-0.39, 0.29) is 11.6 Å². The number of nitrogens with one attached hydrogen (secondary N) is 2. The molecule has 0 saturated heterocycles. The summed E-state index contributed by atoms with van der Waals surface area (Å²) in [6.45, 7) is 5.92. The Morgan fingerprint density at radius 1 is 1.33 bits per heavy atom. The van der Waals surface area contributed by atoms with Crippen molar-refractivity contribution in [2.45, 2.75) is 50.9 Å². The van der Waals surface area contributed by atoms with E-state index in [0.717, 1.165) is 43.2 Å². The van der Waals surface area contributed by atoms with Gasteiger partial charge in [-0.1, -0.05) is 13.8 Å². The van der Waals surface area contributed by atoms with Crippen LogP contribution in [0.3, 0.4) is 0 Å². The van der Waals surface area contributed by atoms with Crippen LogP contribution in [-0.4, -0.2) is 61.4 Å². The van der Waals surface area contributed by atoms with Gasteiger partial charge in [-0.05, 0) is 25.1 Å². The average molecular weight is 430 g/mol. The Labute approximate surface area is 181 Å². The fraction of sp³-hybridized carbons (Fsp3) is 0.619. The molecule has 1 aliphatic carbocycles. The van der Waals surface area contributed by atoms with E-state index in [2.05, 4.69) is 63.1 Å². The van der Waals surface area contributed by atoms with Crippen molar-refractivity contribution in [3.05, 3.63) is 41.1 Å². The van der Waals surface area contributed by atoms with Crippen molar-refractivity contribution >= 4 is 17.7 Å². The normalized spacial score (nSPS) is 30.2. The first kappa shape index (κ1) is 20.0. The Morgan fingerprint density at radius 3 is 2.93 bits per heavy atom. The molecule has 1 aromatic rings. The van der Waals surface area contributed by atoms with Crippen LogP contribution in [0.5, 0.6) is 0 Å². The van der Waals surface area contributed by atoms with Crippen LogP contribution >= 0.6 is 0 Å². The molecule has 0 amide bonds. The Hall–Kier alpha value is -1.97. The summed E-state index contributed by atoms with van der Waals surface area (Å²) in [5.74, 6) is 2.28. The molecule has 0 bridgehead atoms. The molecule has 1 saturated carbocycles. The zero-order valence-electron chi connectivity index (χ0n) is 18.1. The van der Waals surface area contributed by atoms with Gasteiger partial charge in [-0.25, -0.2) is 4.99 Å². The number of fused-ring (bicyclic) bond motifs is 2. The maximum atomic E-state index is 13.2. The Bertz CT molecular complexity index is 914. The number of aliphatic imine (C=N–C) groups is 1. The molecule has 4 aliphatic rings. The first-order valence-corrected chi connectivity index (χ1v) is 11.9. The number of aryl methyl sites for hydroxylation is 1. The van der Waals surface area contributed by atoms with Crippen LogP contribution in [0.4, 0.5) is 0 Å². The van der Waals surface area contributed by atoms with Gasteiger partial charge in [-0.15, -0.1) is 4.31 Å². The van der Waals surface area contributed by atoms with Gasteiger partial charge < -0.3 is 20.1 Å². The van der Waals surface area contributed by atoms with Gasteiger partial charge in [0, 0.05) is 60.2 Å². The number of nitrogens with zero attached hydrogens (tertiary/aromatic N) is 5. The second kappa shape index (κ2) is 7.32. The summed E-state index contributed by atoms with van der Waals surface area (Å²) < 4.78 is 17.2. The average Bonchev–Trinajstić information content (AvgIpc) is 3.29. The Balaban J connectivity index is 1.18. The fourth-order valence-electron chi connectivity index (χ4n) is 5.07. The molecule has 0 aromatic carbocycles. The summed E-state index contributed by atoms with van der Waals surface area (Å²) in [5.41, 5.74) is 3.47. The van der Waals surface area contributed by atoms with Crippen molar-refractivity contribution in [2.24, 2.45) is 18.0 Å². The van der Waals surface area contributed by atoms with E-state index in [9.17, 15) is 4.55 Å². The highest BCUT2D eigenvalue weighted by atomic mass is 32.2. The molecule has 162 valence electrons. The molecule has 4 heterocycles. The van der Waals surface area contributed by atoms with Crippen LogP contribution in [0.15, 0.2) is 34.9 Å². The first-order valence-electron chi connectivity index (χ1n) is 10.7. The number of hydrogen-bond donors (Lipinski definition) is 2. The molecular weight excluding hydrogens is 398 g/mol. The highest BCUT2D eigenvalue weighted by Crippen LogP contribution is 2.38. The fourth-order valence-corrected chi connectivity index (χ4v) is 6.70. The van der Waals surface area contributed by atoms with Gasteiger partial charge in [-0.3, -0.25) is 4.68 Å². The van der Waals surface area contributed by atoms with Crippen LogP contribution in [0.1, 0.15) is 37.9 Å². The zero-order chi connectivity index (χ0) is 21.0. The minimum atomic E-state index is -0.962. The van der Waals surface area contributed by atoms with E-state index in [1.165, 1.54) is 11.1 Å². The third kappa shape index (κ3) is 3.42. The summed E-state index contributed by atoms with van der Waals surface area (Å²) in [4.78, 5) is 6.87.